The van der Waals surface area contributed by atoms with E-state index in [4.69, 9.17) is 10.7 Å². The van der Waals surface area contributed by atoms with Gasteiger partial charge in [-0.2, -0.15) is 5.10 Å². The summed E-state index contributed by atoms with van der Waals surface area (Å²) in [5.41, 5.74) is 10.6. The van der Waals surface area contributed by atoms with E-state index >= 15 is 0 Å². The number of anilines is 1. The number of aryl methyl sites for hydroxylation is 1. The lowest BCUT2D eigenvalue weighted by Gasteiger charge is -2.34. The first-order chi connectivity index (χ1) is 17.7. The molecule has 2 amide bonds. The fraction of sp³-hybridized carbons (Fsp3) is 0.357. The van der Waals surface area contributed by atoms with Gasteiger partial charge in [0.15, 0.2) is 0 Å². The third-order valence-electron chi connectivity index (χ3n) is 7.17. The van der Waals surface area contributed by atoms with Crippen molar-refractivity contribution in [3.63, 3.8) is 0 Å². The molecule has 0 unspecified atom stereocenters. The minimum absolute atomic E-state index is 0.183. The smallest absolute Gasteiger partial charge is 0.261 e. The van der Waals surface area contributed by atoms with Crippen LogP contribution in [0.25, 0.3) is 10.2 Å². The number of carbonyl (C=O) groups is 2. The SMILES string of the molecule is CC(C)(C)[C@@H]1CCc2nc3sc(C(=O)N[C@H](CN)c4cccc(NC(=O)c5cn[nH]c5)c4)cc3cc2C1. The van der Waals surface area contributed by atoms with Gasteiger partial charge < -0.3 is 16.4 Å². The molecule has 3 heterocycles. The van der Waals surface area contributed by atoms with Crippen LogP contribution in [0.15, 0.2) is 48.8 Å². The Labute approximate surface area is 220 Å². The zero-order valence-electron chi connectivity index (χ0n) is 21.3. The number of hydrogen-bond donors (Lipinski definition) is 4. The maximum atomic E-state index is 13.2. The summed E-state index contributed by atoms with van der Waals surface area (Å²) in [6.07, 6.45) is 6.15. The summed E-state index contributed by atoms with van der Waals surface area (Å²) in [6, 6.07) is 11.1. The van der Waals surface area contributed by atoms with Gasteiger partial charge in [0.25, 0.3) is 11.8 Å². The molecule has 0 saturated carbocycles. The van der Waals surface area contributed by atoms with Crippen molar-refractivity contribution in [3.05, 3.63) is 76.1 Å². The number of nitrogens with one attached hydrogen (secondary N) is 3. The van der Waals surface area contributed by atoms with Crippen molar-refractivity contribution >= 4 is 39.1 Å². The molecular weight excluding hydrogens is 484 g/mol. The molecule has 9 heteroatoms. The number of carbonyl (C=O) groups excluding carboxylic acids is 2. The van der Waals surface area contributed by atoms with Crippen LogP contribution in [0.1, 0.15) is 70.1 Å². The molecule has 5 N–H and O–H groups in total. The Hall–Kier alpha value is -3.56. The van der Waals surface area contributed by atoms with Crippen molar-refractivity contribution in [2.24, 2.45) is 17.1 Å². The number of thiophene rings is 1. The third kappa shape index (κ3) is 5.42. The van der Waals surface area contributed by atoms with E-state index in [9.17, 15) is 9.59 Å². The Morgan fingerprint density at radius 3 is 2.78 bits per heavy atom. The molecule has 0 fully saturated rings. The van der Waals surface area contributed by atoms with Gasteiger partial charge in [0, 0.05) is 29.5 Å². The molecule has 2 atom stereocenters. The Morgan fingerprint density at radius 2 is 2.05 bits per heavy atom. The van der Waals surface area contributed by atoms with E-state index in [0.717, 1.165) is 40.7 Å². The van der Waals surface area contributed by atoms with E-state index in [1.54, 1.807) is 6.07 Å². The molecule has 0 spiro atoms. The molecule has 8 nitrogen and oxygen atoms in total. The third-order valence-corrected chi connectivity index (χ3v) is 8.21. The monoisotopic (exact) mass is 516 g/mol. The van der Waals surface area contributed by atoms with Crippen LogP contribution >= 0.6 is 11.3 Å². The standard InChI is InChI=1S/C28H32N6O2S/c1-28(2,3)20-7-8-22-17(10-20)9-18-12-24(37-27(18)34-22)26(36)33-23(13-29)16-5-4-6-21(11-16)32-25(35)19-14-30-31-15-19/h4-6,9,11-12,14-15,20,23H,7-8,10,13,29H2,1-3H3,(H,30,31)(H,32,35)(H,33,36)/t20-,23-/m1/s1. The van der Waals surface area contributed by atoms with Crippen LogP contribution in [-0.2, 0) is 12.8 Å². The highest BCUT2D eigenvalue weighted by molar-refractivity contribution is 7.20. The van der Waals surface area contributed by atoms with Crippen molar-refractivity contribution in [2.45, 2.75) is 46.1 Å². The molecule has 192 valence electrons. The number of benzene rings is 1. The molecule has 3 aromatic heterocycles. The second-order valence-electron chi connectivity index (χ2n) is 10.7. The summed E-state index contributed by atoms with van der Waals surface area (Å²) in [6.45, 7) is 7.13. The highest BCUT2D eigenvalue weighted by Crippen LogP contribution is 2.38. The Morgan fingerprint density at radius 1 is 1.22 bits per heavy atom. The van der Waals surface area contributed by atoms with Crippen LogP contribution in [0.2, 0.25) is 0 Å². The van der Waals surface area contributed by atoms with Crippen LogP contribution in [0.5, 0.6) is 0 Å². The Kier molecular flexibility index (Phi) is 6.83. The lowest BCUT2D eigenvalue weighted by Crippen LogP contribution is -2.33. The number of fused-ring (bicyclic) bond motifs is 2. The molecule has 0 radical (unpaired) electrons. The Bertz CT molecular complexity index is 1440. The summed E-state index contributed by atoms with van der Waals surface area (Å²) in [4.78, 5) is 32.0. The second kappa shape index (κ2) is 10.1. The number of aromatic amines is 1. The zero-order valence-corrected chi connectivity index (χ0v) is 22.1. The number of nitrogens with two attached hydrogens (primary N) is 1. The maximum Gasteiger partial charge on any atom is 0.261 e. The molecule has 0 aliphatic heterocycles. The fourth-order valence-corrected chi connectivity index (χ4v) is 5.83. The molecule has 5 rings (SSSR count). The average molecular weight is 517 g/mol. The van der Waals surface area contributed by atoms with Gasteiger partial charge in [-0.3, -0.25) is 14.7 Å². The highest BCUT2D eigenvalue weighted by atomic mass is 32.1. The lowest BCUT2D eigenvalue weighted by molar-refractivity contribution is 0.0941. The molecule has 0 saturated heterocycles. The first kappa shape index (κ1) is 25.1. The van der Waals surface area contributed by atoms with Gasteiger partial charge in [-0.25, -0.2) is 4.98 Å². The second-order valence-corrected chi connectivity index (χ2v) is 11.8. The quantitative estimate of drug-likeness (QED) is 0.291. The molecule has 1 aliphatic carbocycles. The minimum Gasteiger partial charge on any atom is -0.343 e. The predicted molar refractivity (Wildman–Crippen MR) is 147 cm³/mol. The number of aromatic nitrogens is 3. The first-order valence-electron chi connectivity index (χ1n) is 12.5. The van der Waals surface area contributed by atoms with E-state index in [1.165, 1.54) is 29.3 Å². The van der Waals surface area contributed by atoms with E-state index in [2.05, 4.69) is 47.7 Å². The van der Waals surface area contributed by atoms with Crippen molar-refractivity contribution in [1.29, 1.82) is 0 Å². The van der Waals surface area contributed by atoms with Gasteiger partial charge in [-0.1, -0.05) is 32.9 Å². The van der Waals surface area contributed by atoms with Crippen molar-refractivity contribution in [2.75, 3.05) is 11.9 Å². The first-order valence-corrected chi connectivity index (χ1v) is 13.4. The lowest BCUT2D eigenvalue weighted by atomic mass is 9.71. The molecule has 1 aliphatic rings. The van der Waals surface area contributed by atoms with E-state index in [0.29, 0.717) is 22.0 Å². The van der Waals surface area contributed by atoms with Crippen LogP contribution in [-0.4, -0.2) is 33.5 Å². The van der Waals surface area contributed by atoms with Gasteiger partial charge in [-0.05, 0) is 66.0 Å². The number of amides is 2. The molecule has 37 heavy (non-hydrogen) atoms. The van der Waals surface area contributed by atoms with E-state index in [1.807, 2.05) is 24.3 Å². The Balaban J connectivity index is 1.31. The van der Waals surface area contributed by atoms with E-state index < -0.39 is 6.04 Å². The van der Waals surface area contributed by atoms with Crippen LogP contribution < -0.4 is 16.4 Å². The largest absolute Gasteiger partial charge is 0.343 e. The summed E-state index contributed by atoms with van der Waals surface area (Å²) in [7, 11) is 0. The van der Waals surface area contributed by atoms with Crippen LogP contribution in [0, 0.1) is 11.3 Å². The van der Waals surface area contributed by atoms with Crippen LogP contribution in [0.4, 0.5) is 5.69 Å². The summed E-state index contributed by atoms with van der Waals surface area (Å²) >= 11 is 1.41. The fourth-order valence-electron chi connectivity index (χ4n) is 4.89. The number of hydrogen-bond acceptors (Lipinski definition) is 6. The topological polar surface area (TPSA) is 126 Å². The van der Waals surface area contributed by atoms with Crippen molar-refractivity contribution in [1.82, 2.24) is 20.5 Å². The van der Waals surface area contributed by atoms with Crippen molar-refractivity contribution < 1.29 is 9.59 Å². The summed E-state index contributed by atoms with van der Waals surface area (Å²) in [5, 5.41) is 13.3. The van der Waals surface area contributed by atoms with Gasteiger partial charge in [-0.15, -0.1) is 11.3 Å². The van der Waals surface area contributed by atoms with Gasteiger partial charge in [0.1, 0.15) is 4.83 Å². The predicted octanol–water partition coefficient (Wildman–Crippen LogP) is 4.85. The minimum atomic E-state index is -0.405. The zero-order chi connectivity index (χ0) is 26.2. The molecule has 0 bridgehead atoms. The molecular formula is C28H32N6O2S. The average Bonchev–Trinajstić information content (AvgIpc) is 3.55. The number of nitrogens with zero attached hydrogens (tertiary/aromatic N) is 2. The highest BCUT2D eigenvalue weighted by Gasteiger charge is 2.30. The summed E-state index contributed by atoms with van der Waals surface area (Å²) in [5.74, 6) is 0.177. The van der Waals surface area contributed by atoms with E-state index in [-0.39, 0.29) is 23.8 Å². The number of H-pyrrole nitrogens is 1. The number of rotatable bonds is 6. The molecule has 1 aromatic carbocycles. The van der Waals surface area contributed by atoms with Gasteiger partial charge in [0.2, 0.25) is 0 Å². The van der Waals surface area contributed by atoms with Crippen LogP contribution in [0.3, 0.4) is 0 Å². The summed E-state index contributed by atoms with van der Waals surface area (Å²) < 4.78 is 0. The van der Waals surface area contributed by atoms with Crippen molar-refractivity contribution in [3.8, 4) is 0 Å². The van der Waals surface area contributed by atoms with Gasteiger partial charge in [0.05, 0.1) is 22.7 Å². The normalized spacial score (nSPS) is 16.3. The number of pyridine rings is 1. The van der Waals surface area contributed by atoms with Gasteiger partial charge >= 0.3 is 0 Å². The molecule has 4 aromatic rings. The maximum absolute atomic E-state index is 13.2.